The molecule has 2 aromatic heterocycles. The molecule has 0 saturated heterocycles. The van der Waals surface area contributed by atoms with E-state index in [1.807, 2.05) is 13.1 Å². The highest BCUT2D eigenvalue weighted by Crippen LogP contribution is 2.32. The zero-order valence-corrected chi connectivity index (χ0v) is 15.4. The van der Waals surface area contributed by atoms with E-state index in [-0.39, 0.29) is 24.8 Å². The minimum atomic E-state index is 0. The number of halogens is 2. The molecule has 6 nitrogen and oxygen atoms in total. The summed E-state index contributed by atoms with van der Waals surface area (Å²) < 4.78 is 0. The van der Waals surface area contributed by atoms with Crippen molar-refractivity contribution in [2.24, 2.45) is 5.73 Å². The predicted octanol–water partition coefficient (Wildman–Crippen LogP) is 2.82. The molecule has 0 aliphatic heterocycles. The Kier molecular flexibility index (Phi) is 6.17. The lowest BCUT2D eigenvalue weighted by Gasteiger charge is -2.24. The molecule has 24 heavy (non-hydrogen) atoms. The molecular formula is C16H24Cl2N6. The van der Waals surface area contributed by atoms with Crippen LogP contribution in [0.4, 0.5) is 0 Å². The van der Waals surface area contributed by atoms with E-state index in [9.17, 15) is 0 Å². The number of tetrazole rings is 1. The number of aromatic nitrogens is 5. The molecule has 132 valence electrons. The first-order valence-electron chi connectivity index (χ1n) is 8.25. The molecule has 1 saturated carbocycles. The van der Waals surface area contributed by atoms with Gasteiger partial charge < -0.3 is 5.73 Å². The molecule has 0 radical (unpaired) electrons. The van der Waals surface area contributed by atoms with E-state index in [1.54, 1.807) is 4.80 Å². The molecule has 8 heteroatoms. The standard InChI is InChI=1S/C16H22N6.2ClH/c1-10-15(14-4-2-3-11(14)9-18-10)16-19-21-22(20-16)13-7-5-12(17)6-8-13;;/h9,12-13H,2-8,17H2,1H3;2*1H. The van der Waals surface area contributed by atoms with Gasteiger partial charge in [0.05, 0.1) is 6.04 Å². The molecule has 0 bridgehead atoms. The average Bonchev–Trinajstić information content (AvgIpc) is 3.17. The summed E-state index contributed by atoms with van der Waals surface area (Å²) in [5, 5.41) is 13.3. The molecule has 2 aliphatic rings. The molecule has 2 heterocycles. The van der Waals surface area contributed by atoms with Gasteiger partial charge in [-0.25, -0.2) is 0 Å². The van der Waals surface area contributed by atoms with Crippen LogP contribution in [-0.4, -0.2) is 31.2 Å². The van der Waals surface area contributed by atoms with E-state index >= 15 is 0 Å². The van der Waals surface area contributed by atoms with Crippen molar-refractivity contribution >= 4 is 24.8 Å². The Morgan fingerprint density at radius 3 is 2.62 bits per heavy atom. The van der Waals surface area contributed by atoms with Crippen LogP contribution in [0.25, 0.3) is 11.4 Å². The Bertz CT molecular complexity index is 694. The first kappa shape index (κ1) is 19.1. The van der Waals surface area contributed by atoms with Crippen molar-refractivity contribution in [1.82, 2.24) is 25.2 Å². The van der Waals surface area contributed by atoms with Crippen LogP contribution in [0.15, 0.2) is 6.20 Å². The van der Waals surface area contributed by atoms with Gasteiger partial charge in [-0.1, -0.05) is 0 Å². The summed E-state index contributed by atoms with van der Waals surface area (Å²) in [6.07, 6.45) is 9.59. The lowest BCUT2D eigenvalue weighted by atomic mass is 9.92. The highest BCUT2D eigenvalue weighted by molar-refractivity contribution is 5.85. The summed E-state index contributed by atoms with van der Waals surface area (Å²) in [6, 6.07) is 0.675. The lowest BCUT2D eigenvalue weighted by molar-refractivity contribution is 0.277. The van der Waals surface area contributed by atoms with E-state index < -0.39 is 0 Å². The van der Waals surface area contributed by atoms with Crippen LogP contribution >= 0.6 is 24.8 Å². The fraction of sp³-hybridized carbons (Fsp3) is 0.625. The second kappa shape index (κ2) is 7.76. The van der Waals surface area contributed by atoms with Gasteiger partial charge in [-0.3, -0.25) is 4.98 Å². The van der Waals surface area contributed by atoms with Crippen LogP contribution < -0.4 is 5.73 Å². The third-order valence-corrected chi connectivity index (χ3v) is 5.06. The van der Waals surface area contributed by atoms with E-state index in [2.05, 4.69) is 20.4 Å². The summed E-state index contributed by atoms with van der Waals surface area (Å²) in [5.41, 5.74) is 10.8. The van der Waals surface area contributed by atoms with Gasteiger partial charge in [0, 0.05) is 23.5 Å². The number of nitrogens with two attached hydrogens (primary N) is 1. The van der Waals surface area contributed by atoms with Crippen molar-refractivity contribution in [3.05, 3.63) is 23.0 Å². The van der Waals surface area contributed by atoms with Crippen LogP contribution in [0.3, 0.4) is 0 Å². The van der Waals surface area contributed by atoms with Gasteiger partial charge in [0.2, 0.25) is 5.82 Å². The highest BCUT2D eigenvalue weighted by atomic mass is 35.5. The van der Waals surface area contributed by atoms with Gasteiger partial charge in [-0.15, -0.1) is 35.0 Å². The largest absolute Gasteiger partial charge is 0.328 e. The maximum atomic E-state index is 5.98. The second-order valence-electron chi connectivity index (χ2n) is 6.58. The summed E-state index contributed by atoms with van der Waals surface area (Å²) >= 11 is 0. The number of aryl methyl sites for hydroxylation is 2. The summed E-state index contributed by atoms with van der Waals surface area (Å²) in [4.78, 5) is 6.33. The van der Waals surface area contributed by atoms with Crippen molar-refractivity contribution in [3.63, 3.8) is 0 Å². The lowest BCUT2D eigenvalue weighted by Crippen LogP contribution is -2.28. The fourth-order valence-electron chi connectivity index (χ4n) is 3.76. The Labute approximate surface area is 154 Å². The topological polar surface area (TPSA) is 82.5 Å². The van der Waals surface area contributed by atoms with Gasteiger partial charge in [-0.2, -0.15) is 4.80 Å². The molecule has 0 unspecified atom stereocenters. The number of nitrogens with zero attached hydrogens (tertiary/aromatic N) is 5. The first-order chi connectivity index (χ1) is 10.7. The average molecular weight is 371 g/mol. The Morgan fingerprint density at radius 1 is 1.12 bits per heavy atom. The van der Waals surface area contributed by atoms with Gasteiger partial charge in [-0.05, 0) is 68.2 Å². The number of hydrogen-bond acceptors (Lipinski definition) is 5. The van der Waals surface area contributed by atoms with Gasteiger partial charge in [0.1, 0.15) is 0 Å². The molecule has 1 fully saturated rings. The zero-order valence-electron chi connectivity index (χ0n) is 13.8. The summed E-state index contributed by atoms with van der Waals surface area (Å²) in [5.74, 6) is 0.735. The minimum absolute atomic E-state index is 0. The summed E-state index contributed by atoms with van der Waals surface area (Å²) in [6.45, 7) is 2.04. The molecule has 2 aliphatic carbocycles. The van der Waals surface area contributed by atoms with E-state index in [1.165, 1.54) is 17.5 Å². The fourth-order valence-corrected chi connectivity index (χ4v) is 3.76. The van der Waals surface area contributed by atoms with Crippen molar-refractivity contribution in [2.75, 3.05) is 0 Å². The number of hydrogen-bond donors (Lipinski definition) is 1. The number of fused-ring (bicyclic) bond motifs is 1. The van der Waals surface area contributed by atoms with Crippen molar-refractivity contribution in [2.45, 2.75) is 64.0 Å². The third kappa shape index (κ3) is 3.41. The smallest absolute Gasteiger partial charge is 0.207 e. The number of pyridine rings is 1. The van der Waals surface area contributed by atoms with Crippen molar-refractivity contribution < 1.29 is 0 Å². The first-order valence-corrected chi connectivity index (χ1v) is 8.25. The molecule has 0 amide bonds. The highest BCUT2D eigenvalue weighted by Gasteiger charge is 2.25. The van der Waals surface area contributed by atoms with E-state index in [0.29, 0.717) is 12.1 Å². The van der Waals surface area contributed by atoms with Crippen molar-refractivity contribution in [3.8, 4) is 11.4 Å². The van der Waals surface area contributed by atoms with Crippen LogP contribution in [-0.2, 0) is 12.8 Å². The molecule has 2 aromatic rings. The van der Waals surface area contributed by atoms with Crippen LogP contribution in [0.5, 0.6) is 0 Å². The Hall–Kier alpha value is -1.24. The second-order valence-corrected chi connectivity index (χ2v) is 6.58. The molecular weight excluding hydrogens is 347 g/mol. The monoisotopic (exact) mass is 370 g/mol. The Balaban J connectivity index is 0.00000104. The molecule has 0 atom stereocenters. The quantitative estimate of drug-likeness (QED) is 0.878. The summed E-state index contributed by atoms with van der Waals surface area (Å²) in [7, 11) is 0. The van der Waals surface area contributed by atoms with Crippen LogP contribution in [0, 0.1) is 6.92 Å². The van der Waals surface area contributed by atoms with Gasteiger partial charge in [0.25, 0.3) is 0 Å². The van der Waals surface area contributed by atoms with Crippen LogP contribution in [0.1, 0.15) is 55.0 Å². The maximum absolute atomic E-state index is 5.98. The van der Waals surface area contributed by atoms with Gasteiger partial charge >= 0.3 is 0 Å². The predicted molar refractivity (Wildman–Crippen MR) is 97.8 cm³/mol. The maximum Gasteiger partial charge on any atom is 0.207 e. The zero-order chi connectivity index (χ0) is 15.1. The molecule has 4 rings (SSSR count). The minimum Gasteiger partial charge on any atom is -0.328 e. The number of rotatable bonds is 2. The third-order valence-electron chi connectivity index (χ3n) is 5.06. The van der Waals surface area contributed by atoms with Gasteiger partial charge in [0.15, 0.2) is 0 Å². The molecule has 0 spiro atoms. The normalized spacial score (nSPS) is 22.4. The van der Waals surface area contributed by atoms with Crippen molar-refractivity contribution in [1.29, 1.82) is 0 Å². The van der Waals surface area contributed by atoms with E-state index in [4.69, 9.17) is 5.73 Å². The molecule has 2 N–H and O–H groups in total. The Morgan fingerprint density at radius 2 is 1.88 bits per heavy atom. The SMILES string of the molecule is Cc1ncc2c(c1-c1nnn(C3CCC(N)CC3)n1)CCC2.Cl.Cl. The van der Waals surface area contributed by atoms with E-state index in [0.717, 1.165) is 55.6 Å². The van der Waals surface area contributed by atoms with Crippen LogP contribution in [0.2, 0.25) is 0 Å². The molecule has 0 aromatic carbocycles.